The summed E-state index contributed by atoms with van der Waals surface area (Å²) >= 11 is 0. The fourth-order valence-corrected chi connectivity index (χ4v) is 1.96. The van der Waals surface area contributed by atoms with Crippen LogP contribution in [0.1, 0.15) is 43.9 Å². The predicted molar refractivity (Wildman–Crippen MR) is 71.4 cm³/mol. The Morgan fingerprint density at radius 2 is 2.00 bits per heavy atom. The number of carbonyl (C=O) groups is 1. The van der Waals surface area contributed by atoms with Crippen LogP contribution in [0, 0.1) is 0 Å². The van der Waals surface area contributed by atoms with Gasteiger partial charge in [-0.3, -0.25) is 5.32 Å². The third kappa shape index (κ3) is 3.33. The van der Waals surface area contributed by atoms with Crippen molar-refractivity contribution < 1.29 is 9.53 Å². The molecule has 1 fully saturated rings. The number of aryl methyl sites for hydroxylation is 1. The molecule has 1 saturated carbocycles. The zero-order valence-corrected chi connectivity index (χ0v) is 11.1. The van der Waals surface area contributed by atoms with E-state index in [9.17, 15) is 4.79 Å². The van der Waals surface area contributed by atoms with Gasteiger partial charge in [0, 0.05) is 6.04 Å². The molecule has 0 amide bonds. The lowest BCUT2D eigenvalue weighted by Crippen LogP contribution is -2.31. The summed E-state index contributed by atoms with van der Waals surface area (Å²) in [6.07, 6.45) is 3.33. The van der Waals surface area contributed by atoms with Crippen LogP contribution in [0.3, 0.4) is 0 Å². The van der Waals surface area contributed by atoms with E-state index in [1.807, 2.05) is 19.1 Å². The molecule has 0 aromatic heterocycles. The van der Waals surface area contributed by atoms with Gasteiger partial charge < -0.3 is 4.74 Å². The molecular formula is C15H21NO2. The van der Waals surface area contributed by atoms with Crippen LogP contribution in [0.5, 0.6) is 0 Å². The lowest BCUT2D eigenvalue weighted by molar-refractivity contribution is -0.145. The number of rotatable bonds is 6. The van der Waals surface area contributed by atoms with E-state index in [0.29, 0.717) is 12.6 Å². The van der Waals surface area contributed by atoms with Crippen LogP contribution in [0.4, 0.5) is 0 Å². The molecular weight excluding hydrogens is 226 g/mol. The van der Waals surface area contributed by atoms with Gasteiger partial charge in [-0.25, -0.2) is 4.79 Å². The Morgan fingerprint density at radius 1 is 1.33 bits per heavy atom. The van der Waals surface area contributed by atoms with Crippen molar-refractivity contribution in [2.45, 2.75) is 45.2 Å². The van der Waals surface area contributed by atoms with Crippen LogP contribution in [0.15, 0.2) is 24.3 Å². The SMILES string of the molecule is CCOC(=O)C(NC1CC1)c1ccc(CC)cc1. The van der Waals surface area contributed by atoms with E-state index < -0.39 is 0 Å². The molecule has 3 nitrogen and oxygen atoms in total. The highest BCUT2D eigenvalue weighted by molar-refractivity contribution is 5.77. The van der Waals surface area contributed by atoms with Crippen molar-refractivity contribution in [1.29, 1.82) is 0 Å². The number of ether oxygens (including phenoxy) is 1. The molecule has 0 aliphatic heterocycles. The molecule has 0 saturated heterocycles. The first-order valence-electron chi connectivity index (χ1n) is 6.76. The first kappa shape index (κ1) is 13.1. The van der Waals surface area contributed by atoms with E-state index in [2.05, 4.69) is 24.4 Å². The van der Waals surface area contributed by atoms with Gasteiger partial charge in [0.15, 0.2) is 0 Å². The summed E-state index contributed by atoms with van der Waals surface area (Å²) in [6.45, 7) is 4.39. The Bertz CT molecular complexity index is 395. The predicted octanol–water partition coefficient (Wildman–Crippen LogP) is 2.61. The van der Waals surface area contributed by atoms with Gasteiger partial charge in [-0.05, 0) is 37.3 Å². The van der Waals surface area contributed by atoms with Crippen molar-refractivity contribution >= 4 is 5.97 Å². The minimum atomic E-state index is -0.316. The maximum Gasteiger partial charge on any atom is 0.327 e. The Hall–Kier alpha value is -1.35. The van der Waals surface area contributed by atoms with Crippen LogP contribution in [-0.2, 0) is 16.0 Å². The monoisotopic (exact) mass is 247 g/mol. The molecule has 1 N–H and O–H groups in total. The average molecular weight is 247 g/mol. The smallest absolute Gasteiger partial charge is 0.327 e. The lowest BCUT2D eigenvalue weighted by atomic mass is 10.0. The number of hydrogen-bond acceptors (Lipinski definition) is 3. The molecule has 0 heterocycles. The van der Waals surface area contributed by atoms with Gasteiger partial charge in [-0.2, -0.15) is 0 Å². The van der Waals surface area contributed by atoms with E-state index >= 15 is 0 Å². The molecule has 18 heavy (non-hydrogen) atoms. The molecule has 1 aromatic rings. The number of carbonyl (C=O) groups excluding carboxylic acids is 1. The molecule has 2 rings (SSSR count). The fourth-order valence-electron chi connectivity index (χ4n) is 1.96. The third-order valence-electron chi connectivity index (χ3n) is 3.22. The minimum Gasteiger partial charge on any atom is -0.465 e. The largest absolute Gasteiger partial charge is 0.465 e. The number of hydrogen-bond donors (Lipinski definition) is 1. The van der Waals surface area contributed by atoms with Crippen LogP contribution < -0.4 is 5.32 Å². The van der Waals surface area contributed by atoms with Crippen LogP contribution in [-0.4, -0.2) is 18.6 Å². The zero-order chi connectivity index (χ0) is 13.0. The highest BCUT2D eigenvalue weighted by atomic mass is 16.5. The first-order chi connectivity index (χ1) is 8.74. The van der Waals surface area contributed by atoms with E-state index in [4.69, 9.17) is 4.74 Å². The summed E-state index contributed by atoms with van der Waals surface area (Å²) in [4.78, 5) is 12.0. The summed E-state index contributed by atoms with van der Waals surface area (Å²) in [7, 11) is 0. The second kappa shape index (κ2) is 6.01. The van der Waals surface area contributed by atoms with Gasteiger partial charge in [0.05, 0.1) is 6.61 Å². The minimum absolute atomic E-state index is 0.173. The maximum atomic E-state index is 12.0. The van der Waals surface area contributed by atoms with Crippen LogP contribution >= 0.6 is 0 Å². The standard InChI is InChI=1S/C15H21NO2/c1-3-11-5-7-12(8-6-11)14(15(17)18-4-2)16-13-9-10-13/h5-8,13-14,16H,3-4,9-10H2,1-2H3. The van der Waals surface area contributed by atoms with Gasteiger partial charge in [0.25, 0.3) is 0 Å². The molecule has 98 valence electrons. The molecule has 0 bridgehead atoms. The number of nitrogens with one attached hydrogen (secondary N) is 1. The highest BCUT2D eigenvalue weighted by Crippen LogP contribution is 2.25. The fraction of sp³-hybridized carbons (Fsp3) is 0.533. The highest BCUT2D eigenvalue weighted by Gasteiger charge is 2.30. The van der Waals surface area contributed by atoms with Crippen molar-refractivity contribution in [1.82, 2.24) is 5.32 Å². The maximum absolute atomic E-state index is 12.0. The van der Waals surface area contributed by atoms with Crippen molar-refractivity contribution in [3.8, 4) is 0 Å². The van der Waals surface area contributed by atoms with Crippen LogP contribution in [0.25, 0.3) is 0 Å². The first-order valence-corrected chi connectivity index (χ1v) is 6.76. The Labute approximate surface area is 109 Å². The third-order valence-corrected chi connectivity index (χ3v) is 3.22. The summed E-state index contributed by atoms with van der Waals surface area (Å²) in [6, 6.07) is 8.37. The van der Waals surface area contributed by atoms with Crippen molar-refractivity contribution in [3.63, 3.8) is 0 Å². The molecule has 0 radical (unpaired) electrons. The lowest BCUT2D eigenvalue weighted by Gasteiger charge is -2.17. The summed E-state index contributed by atoms with van der Waals surface area (Å²) in [5.74, 6) is -0.173. The van der Waals surface area contributed by atoms with Crippen molar-refractivity contribution in [3.05, 3.63) is 35.4 Å². The number of esters is 1. The topological polar surface area (TPSA) is 38.3 Å². The van der Waals surface area contributed by atoms with E-state index in [1.54, 1.807) is 0 Å². The average Bonchev–Trinajstić information content (AvgIpc) is 3.20. The summed E-state index contributed by atoms with van der Waals surface area (Å²) in [5.41, 5.74) is 2.28. The molecule has 1 unspecified atom stereocenters. The van der Waals surface area contributed by atoms with E-state index in [1.165, 1.54) is 5.56 Å². The molecule has 3 heteroatoms. The summed E-state index contributed by atoms with van der Waals surface area (Å²) < 4.78 is 5.14. The van der Waals surface area contributed by atoms with E-state index in [0.717, 1.165) is 24.8 Å². The Morgan fingerprint density at radius 3 is 2.50 bits per heavy atom. The van der Waals surface area contributed by atoms with Gasteiger partial charge in [0.1, 0.15) is 6.04 Å². The van der Waals surface area contributed by atoms with Crippen molar-refractivity contribution in [2.75, 3.05) is 6.61 Å². The van der Waals surface area contributed by atoms with Gasteiger partial charge >= 0.3 is 5.97 Å². The van der Waals surface area contributed by atoms with Gasteiger partial charge in [0.2, 0.25) is 0 Å². The molecule has 1 atom stereocenters. The normalized spacial score (nSPS) is 16.3. The molecule has 0 spiro atoms. The second-order valence-corrected chi connectivity index (χ2v) is 4.72. The number of benzene rings is 1. The molecule has 1 aliphatic rings. The van der Waals surface area contributed by atoms with Crippen LogP contribution in [0.2, 0.25) is 0 Å². The van der Waals surface area contributed by atoms with Gasteiger partial charge in [-0.15, -0.1) is 0 Å². The second-order valence-electron chi connectivity index (χ2n) is 4.72. The van der Waals surface area contributed by atoms with Crippen molar-refractivity contribution in [2.24, 2.45) is 0 Å². The van der Waals surface area contributed by atoms with E-state index in [-0.39, 0.29) is 12.0 Å². The Kier molecular flexibility index (Phi) is 4.37. The molecule has 1 aliphatic carbocycles. The quantitative estimate of drug-likeness (QED) is 0.785. The molecule has 1 aromatic carbocycles. The van der Waals surface area contributed by atoms with Gasteiger partial charge in [-0.1, -0.05) is 31.2 Å². The zero-order valence-electron chi connectivity index (χ0n) is 11.1. The summed E-state index contributed by atoms with van der Waals surface area (Å²) in [5, 5.41) is 3.35. The Balaban J connectivity index is 2.12.